The molecule has 0 radical (unpaired) electrons. The fourth-order valence-electron chi connectivity index (χ4n) is 2.74. The normalized spacial score (nSPS) is 12.3. The third-order valence-electron chi connectivity index (χ3n) is 4.19. The molecule has 150 valence electrons. The number of benzene rings is 2. The van der Waals surface area contributed by atoms with Crippen molar-refractivity contribution in [3.05, 3.63) is 83.2 Å². The van der Waals surface area contributed by atoms with Crippen LogP contribution in [-0.4, -0.2) is 26.2 Å². The van der Waals surface area contributed by atoms with E-state index in [9.17, 15) is 18.0 Å². The molecule has 0 bridgehead atoms. The molecule has 0 fully saturated rings. The molecule has 2 N–H and O–H groups in total. The maximum Gasteiger partial charge on any atom is 0.250 e. The molecule has 2 aromatic carbocycles. The van der Waals surface area contributed by atoms with Gasteiger partial charge in [0, 0.05) is 11.3 Å². The minimum Gasteiger partial charge on any atom is -0.325 e. The van der Waals surface area contributed by atoms with Gasteiger partial charge in [0.15, 0.2) is 5.78 Å². The average Bonchev–Trinajstić information content (AvgIpc) is 3.24. The Labute approximate surface area is 173 Å². The predicted octanol–water partition coefficient (Wildman–Crippen LogP) is 3.48. The Morgan fingerprint density at radius 1 is 1.00 bits per heavy atom. The van der Waals surface area contributed by atoms with E-state index in [1.807, 2.05) is 30.3 Å². The van der Waals surface area contributed by atoms with E-state index in [0.717, 1.165) is 16.9 Å². The maximum absolute atomic E-state index is 12.9. The number of ketones is 1. The second-order valence-corrected chi connectivity index (χ2v) is 9.31. The number of hydrogen-bond donors (Lipinski definition) is 2. The van der Waals surface area contributed by atoms with Crippen LogP contribution in [0.15, 0.2) is 76.3 Å². The Morgan fingerprint density at radius 2 is 1.76 bits per heavy atom. The molecule has 0 saturated carbocycles. The highest BCUT2D eigenvalue weighted by Crippen LogP contribution is 2.18. The number of Topliss-reactive ketones (excluding diaryl/α,β-unsaturated/α-hetero) is 1. The third-order valence-corrected chi connectivity index (χ3v) is 7.06. The lowest BCUT2D eigenvalue weighted by Gasteiger charge is -2.18. The van der Waals surface area contributed by atoms with Crippen molar-refractivity contribution in [3.8, 4) is 0 Å². The molecule has 0 spiro atoms. The van der Waals surface area contributed by atoms with Gasteiger partial charge in [0.25, 0.3) is 10.0 Å². The van der Waals surface area contributed by atoms with Crippen molar-refractivity contribution < 1.29 is 18.0 Å². The van der Waals surface area contributed by atoms with Crippen molar-refractivity contribution in [1.29, 1.82) is 0 Å². The molecule has 3 rings (SSSR count). The maximum atomic E-state index is 12.9. The number of anilines is 1. The van der Waals surface area contributed by atoms with Crippen LogP contribution in [0.25, 0.3) is 0 Å². The highest BCUT2D eigenvalue weighted by atomic mass is 32.2. The number of nitrogens with one attached hydrogen (secondary N) is 2. The molecule has 1 amide bonds. The Morgan fingerprint density at radius 3 is 2.41 bits per heavy atom. The molecule has 1 heterocycles. The predicted molar refractivity (Wildman–Crippen MR) is 114 cm³/mol. The molecule has 0 aliphatic rings. The van der Waals surface area contributed by atoms with Crippen molar-refractivity contribution in [2.24, 2.45) is 0 Å². The van der Waals surface area contributed by atoms with Crippen molar-refractivity contribution in [2.75, 3.05) is 5.32 Å². The molecule has 8 heteroatoms. The molecule has 0 aliphatic carbocycles. The quantitative estimate of drug-likeness (QED) is 0.537. The molecular formula is C21H20N2O4S2. The molecule has 0 saturated heterocycles. The SMILES string of the molecule is CC(=O)c1cccc(NC(=O)C(Cc2ccccc2)NS(=O)(=O)c2cccs2)c1. The molecule has 0 aliphatic heterocycles. The van der Waals surface area contributed by atoms with Crippen LogP contribution in [0.2, 0.25) is 0 Å². The first-order valence-corrected chi connectivity index (χ1v) is 11.2. The van der Waals surface area contributed by atoms with Crippen LogP contribution in [0, 0.1) is 0 Å². The van der Waals surface area contributed by atoms with Crippen LogP contribution >= 0.6 is 11.3 Å². The molecule has 1 atom stereocenters. The van der Waals surface area contributed by atoms with Gasteiger partial charge < -0.3 is 5.32 Å². The van der Waals surface area contributed by atoms with E-state index in [4.69, 9.17) is 0 Å². The van der Waals surface area contributed by atoms with Gasteiger partial charge in [-0.1, -0.05) is 48.5 Å². The Balaban J connectivity index is 1.84. The van der Waals surface area contributed by atoms with Crippen molar-refractivity contribution in [1.82, 2.24) is 4.72 Å². The summed E-state index contributed by atoms with van der Waals surface area (Å²) in [6.45, 7) is 1.44. The fraction of sp³-hybridized carbons (Fsp3) is 0.143. The number of thiophene rings is 1. The van der Waals surface area contributed by atoms with E-state index in [-0.39, 0.29) is 16.4 Å². The summed E-state index contributed by atoms with van der Waals surface area (Å²) >= 11 is 1.08. The highest BCUT2D eigenvalue weighted by molar-refractivity contribution is 7.91. The topological polar surface area (TPSA) is 92.3 Å². The van der Waals surface area contributed by atoms with E-state index < -0.39 is 22.0 Å². The Kier molecular flexibility index (Phi) is 6.58. The highest BCUT2D eigenvalue weighted by Gasteiger charge is 2.27. The lowest BCUT2D eigenvalue weighted by atomic mass is 10.1. The van der Waals surface area contributed by atoms with Crippen molar-refractivity contribution in [2.45, 2.75) is 23.6 Å². The molecule has 1 unspecified atom stereocenters. The minimum atomic E-state index is -3.84. The number of carbonyl (C=O) groups excluding carboxylic acids is 2. The summed E-state index contributed by atoms with van der Waals surface area (Å²) in [6, 6.07) is 17.8. The van der Waals surface area contributed by atoms with Crippen LogP contribution in [0.5, 0.6) is 0 Å². The summed E-state index contributed by atoms with van der Waals surface area (Å²) in [6.07, 6.45) is 0.184. The Hall–Kier alpha value is -2.81. The Bertz CT molecular complexity index is 1090. The minimum absolute atomic E-state index is 0.125. The first-order chi connectivity index (χ1) is 13.8. The van der Waals surface area contributed by atoms with Crippen LogP contribution in [-0.2, 0) is 21.2 Å². The lowest BCUT2D eigenvalue weighted by Crippen LogP contribution is -2.45. The van der Waals surface area contributed by atoms with Crippen LogP contribution in [0.3, 0.4) is 0 Å². The van der Waals surface area contributed by atoms with E-state index in [1.165, 1.54) is 13.0 Å². The van der Waals surface area contributed by atoms with Gasteiger partial charge >= 0.3 is 0 Å². The largest absolute Gasteiger partial charge is 0.325 e. The smallest absolute Gasteiger partial charge is 0.250 e. The number of amides is 1. The van der Waals surface area contributed by atoms with Crippen molar-refractivity contribution in [3.63, 3.8) is 0 Å². The van der Waals surface area contributed by atoms with Crippen LogP contribution in [0.4, 0.5) is 5.69 Å². The van der Waals surface area contributed by atoms with Gasteiger partial charge in [-0.3, -0.25) is 9.59 Å². The molecule has 6 nitrogen and oxygen atoms in total. The zero-order chi connectivity index (χ0) is 20.9. The number of hydrogen-bond acceptors (Lipinski definition) is 5. The second kappa shape index (κ2) is 9.13. The summed E-state index contributed by atoms with van der Waals surface area (Å²) in [5.74, 6) is -0.630. The molecule has 1 aromatic heterocycles. The second-order valence-electron chi connectivity index (χ2n) is 6.42. The van der Waals surface area contributed by atoms with Crippen molar-refractivity contribution >= 4 is 38.7 Å². The van der Waals surface area contributed by atoms with E-state index in [1.54, 1.807) is 35.7 Å². The third kappa shape index (κ3) is 5.60. The fourth-order valence-corrected chi connectivity index (χ4v) is 4.95. The summed E-state index contributed by atoms with van der Waals surface area (Å²) in [7, 11) is -3.84. The molecular weight excluding hydrogens is 408 g/mol. The first kappa shape index (κ1) is 20.9. The molecule has 3 aromatic rings. The van der Waals surface area contributed by atoms with Gasteiger partial charge in [0.2, 0.25) is 5.91 Å². The zero-order valence-electron chi connectivity index (χ0n) is 15.7. The van der Waals surface area contributed by atoms with E-state index in [2.05, 4.69) is 10.0 Å². The van der Waals surface area contributed by atoms with Gasteiger partial charge in [0.05, 0.1) is 0 Å². The first-order valence-electron chi connectivity index (χ1n) is 8.87. The zero-order valence-corrected chi connectivity index (χ0v) is 17.3. The summed E-state index contributed by atoms with van der Waals surface area (Å²) in [5.41, 5.74) is 1.71. The van der Waals surface area contributed by atoms with Gasteiger partial charge in [0.1, 0.15) is 10.3 Å². The van der Waals surface area contributed by atoms with Gasteiger partial charge in [-0.25, -0.2) is 8.42 Å². The monoisotopic (exact) mass is 428 g/mol. The van der Waals surface area contributed by atoms with Gasteiger partial charge in [-0.2, -0.15) is 4.72 Å². The number of carbonyl (C=O) groups is 2. The van der Waals surface area contributed by atoms with Crippen LogP contribution < -0.4 is 10.0 Å². The summed E-state index contributed by atoms with van der Waals surface area (Å²) < 4.78 is 28.0. The van der Waals surface area contributed by atoms with Gasteiger partial charge in [-0.05, 0) is 42.5 Å². The number of sulfonamides is 1. The van der Waals surface area contributed by atoms with Gasteiger partial charge in [-0.15, -0.1) is 11.3 Å². The summed E-state index contributed by atoms with van der Waals surface area (Å²) in [4.78, 5) is 24.5. The van der Waals surface area contributed by atoms with E-state index in [0.29, 0.717) is 11.3 Å². The lowest BCUT2D eigenvalue weighted by molar-refractivity contribution is -0.117. The molecule has 29 heavy (non-hydrogen) atoms. The number of rotatable bonds is 8. The van der Waals surface area contributed by atoms with E-state index >= 15 is 0 Å². The average molecular weight is 429 g/mol. The summed E-state index contributed by atoms with van der Waals surface area (Å²) in [5, 5.41) is 4.37. The standard InChI is InChI=1S/C21H20N2O4S2/c1-15(24)17-9-5-10-18(14-17)22-21(25)19(13-16-7-3-2-4-8-16)23-29(26,27)20-11-6-12-28-20/h2-12,14,19,23H,13H2,1H3,(H,22,25). The van der Waals surface area contributed by atoms with Crippen LogP contribution in [0.1, 0.15) is 22.8 Å².